The highest BCUT2D eigenvalue weighted by atomic mass is 79.9. The summed E-state index contributed by atoms with van der Waals surface area (Å²) < 4.78 is 5.85. The van der Waals surface area contributed by atoms with Crippen LogP contribution in [0.5, 0.6) is 0 Å². The number of Topliss-reactive ketones (excluding diaryl/α,β-unsaturated/α-hetero) is 1. The first-order chi connectivity index (χ1) is 13.2. The van der Waals surface area contributed by atoms with E-state index >= 15 is 0 Å². The lowest BCUT2D eigenvalue weighted by molar-refractivity contribution is -0.152. The van der Waals surface area contributed by atoms with Gasteiger partial charge in [0.25, 0.3) is 0 Å². The summed E-state index contributed by atoms with van der Waals surface area (Å²) in [5.41, 5.74) is 1.03. The molecule has 0 aliphatic heterocycles. The Hall–Kier alpha value is -0.970. The minimum Gasteiger partial charge on any atom is -0.457 e. The molecular weight excluding hydrogens is 420 g/mol. The second-order valence-corrected chi connectivity index (χ2v) is 10.6. The smallest absolute Gasteiger partial charge is 0.317 e. The van der Waals surface area contributed by atoms with Crippen molar-refractivity contribution in [1.29, 1.82) is 0 Å². The molecule has 4 aliphatic carbocycles. The Morgan fingerprint density at radius 2 is 1.93 bits per heavy atom. The van der Waals surface area contributed by atoms with E-state index in [0.29, 0.717) is 30.0 Å². The van der Waals surface area contributed by atoms with Crippen molar-refractivity contribution in [3.63, 3.8) is 0 Å². The molecule has 1 unspecified atom stereocenters. The van der Waals surface area contributed by atoms with Crippen LogP contribution < -0.4 is 0 Å². The molecule has 0 amide bonds. The van der Waals surface area contributed by atoms with Crippen LogP contribution in [0.3, 0.4) is 0 Å². The second-order valence-electron chi connectivity index (χ2n) is 9.99. The van der Waals surface area contributed by atoms with Crippen molar-refractivity contribution in [2.75, 3.05) is 5.33 Å². The number of hydrogen-bond acceptors (Lipinski definition) is 4. The number of ether oxygens (including phenoxy) is 1. The zero-order valence-corrected chi connectivity index (χ0v) is 18.7. The van der Waals surface area contributed by atoms with Crippen molar-refractivity contribution in [3.05, 3.63) is 11.6 Å². The predicted octanol–water partition coefficient (Wildman–Crippen LogP) is 4.64. The molecule has 0 radical (unpaired) electrons. The monoisotopic (exact) mass is 450 g/mol. The van der Waals surface area contributed by atoms with Gasteiger partial charge < -0.3 is 4.74 Å². The molecule has 0 bridgehead atoms. The first-order valence-corrected chi connectivity index (χ1v) is 11.8. The van der Waals surface area contributed by atoms with Crippen molar-refractivity contribution < 1.29 is 19.1 Å². The third kappa shape index (κ3) is 2.95. The fourth-order valence-corrected chi connectivity index (χ4v) is 7.68. The summed E-state index contributed by atoms with van der Waals surface area (Å²) >= 11 is 3.20. The van der Waals surface area contributed by atoms with Gasteiger partial charge in [-0.25, -0.2) is 0 Å². The first kappa shape index (κ1) is 20.3. The molecule has 5 heteroatoms. The molecule has 0 saturated heterocycles. The molecule has 4 aliphatic rings. The summed E-state index contributed by atoms with van der Waals surface area (Å²) in [5.74, 6) is 1.85. The molecule has 7 atom stereocenters. The molecule has 0 aromatic carbocycles. The van der Waals surface area contributed by atoms with Gasteiger partial charge in [0.2, 0.25) is 0 Å². The third-order valence-corrected chi connectivity index (χ3v) is 9.29. The lowest BCUT2D eigenvalue weighted by Gasteiger charge is -2.59. The number of hydrogen-bond donors (Lipinski definition) is 0. The van der Waals surface area contributed by atoms with Crippen molar-refractivity contribution in [1.82, 2.24) is 0 Å². The van der Waals surface area contributed by atoms with Gasteiger partial charge >= 0.3 is 5.97 Å². The van der Waals surface area contributed by atoms with Crippen LogP contribution in [0.2, 0.25) is 0 Å². The van der Waals surface area contributed by atoms with Gasteiger partial charge in [0.15, 0.2) is 5.78 Å². The molecule has 4 nitrogen and oxygen atoms in total. The maximum absolute atomic E-state index is 12.3. The van der Waals surface area contributed by atoms with E-state index in [1.54, 1.807) is 13.0 Å². The highest BCUT2D eigenvalue weighted by Gasteiger charge is 2.61. The van der Waals surface area contributed by atoms with Gasteiger partial charge in [-0.3, -0.25) is 14.4 Å². The van der Waals surface area contributed by atoms with E-state index in [0.717, 1.165) is 44.1 Å². The summed E-state index contributed by atoms with van der Waals surface area (Å²) in [7, 11) is 0. The van der Waals surface area contributed by atoms with Crippen LogP contribution in [0.15, 0.2) is 11.6 Å². The summed E-state index contributed by atoms with van der Waals surface area (Å²) in [4.78, 5) is 36.6. The minimum atomic E-state index is -0.306. The van der Waals surface area contributed by atoms with E-state index in [1.165, 1.54) is 0 Å². The maximum atomic E-state index is 12.3. The Morgan fingerprint density at radius 3 is 2.61 bits per heavy atom. The number of esters is 1. The summed E-state index contributed by atoms with van der Waals surface area (Å²) in [6.45, 7) is 6.36. The van der Waals surface area contributed by atoms with Crippen LogP contribution in [-0.2, 0) is 19.1 Å². The molecule has 0 heterocycles. The third-order valence-electron chi connectivity index (χ3n) is 8.83. The molecule has 3 fully saturated rings. The van der Waals surface area contributed by atoms with E-state index in [1.807, 2.05) is 0 Å². The zero-order chi connectivity index (χ0) is 20.3. The summed E-state index contributed by atoms with van der Waals surface area (Å²) in [5, 5.41) is 0.170. The van der Waals surface area contributed by atoms with Crippen molar-refractivity contribution >= 4 is 33.5 Å². The lowest BCUT2D eigenvalue weighted by atomic mass is 9.46. The Kier molecular flexibility index (Phi) is 5.13. The van der Waals surface area contributed by atoms with E-state index in [2.05, 4.69) is 29.8 Å². The predicted molar refractivity (Wildman–Crippen MR) is 110 cm³/mol. The standard InChI is InChI=1S/C23H31BrO4/c1-13(25)16-4-5-17-15-11-20(28-21(27)12-24)19-10-14(26)6-8-23(19,3)18(15)7-9-22(16,17)2/h10,15-18,20H,4-9,11-12H2,1-3H3/t15-,16+,17-,18-,20?,22+,23+/m0/s1. The topological polar surface area (TPSA) is 60.4 Å². The molecule has 0 N–H and O–H groups in total. The van der Waals surface area contributed by atoms with Gasteiger partial charge in [0.1, 0.15) is 17.2 Å². The van der Waals surface area contributed by atoms with Crippen LogP contribution in [0.1, 0.15) is 65.7 Å². The fourth-order valence-electron chi connectivity index (χ4n) is 7.55. The largest absolute Gasteiger partial charge is 0.457 e. The minimum absolute atomic E-state index is 0.0685. The number of rotatable bonds is 3. The molecule has 0 aromatic heterocycles. The van der Waals surface area contributed by atoms with Gasteiger partial charge in [-0.2, -0.15) is 0 Å². The molecule has 154 valence electrons. The second kappa shape index (κ2) is 7.07. The van der Waals surface area contributed by atoms with Crippen LogP contribution in [0, 0.1) is 34.5 Å². The van der Waals surface area contributed by atoms with Gasteiger partial charge in [0.05, 0.1) is 0 Å². The fraction of sp³-hybridized carbons (Fsp3) is 0.783. The number of alkyl halides is 1. The highest BCUT2D eigenvalue weighted by Crippen LogP contribution is 2.66. The van der Waals surface area contributed by atoms with Gasteiger partial charge in [-0.1, -0.05) is 29.8 Å². The molecular formula is C23H31BrO4. The number of carbonyl (C=O) groups excluding carboxylic acids is 3. The van der Waals surface area contributed by atoms with E-state index in [-0.39, 0.29) is 39.9 Å². The molecule has 0 aromatic rings. The van der Waals surface area contributed by atoms with Gasteiger partial charge in [0, 0.05) is 12.3 Å². The SMILES string of the molecule is CC(=O)[C@H]1CC[C@H]2[C@@H]3CC(OC(=O)CBr)C4=CC(=O)CC[C@]4(C)[C@H]3CC[C@]12C. The van der Waals surface area contributed by atoms with Crippen molar-refractivity contribution in [2.24, 2.45) is 34.5 Å². The van der Waals surface area contributed by atoms with Crippen molar-refractivity contribution in [2.45, 2.75) is 71.8 Å². The molecule has 0 spiro atoms. The highest BCUT2D eigenvalue weighted by molar-refractivity contribution is 9.09. The number of ketones is 2. The van der Waals surface area contributed by atoms with Crippen LogP contribution in [0.25, 0.3) is 0 Å². The van der Waals surface area contributed by atoms with E-state index in [9.17, 15) is 14.4 Å². The number of fused-ring (bicyclic) bond motifs is 5. The summed E-state index contributed by atoms with van der Waals surface area (Å²) in [6.07, 6.45) is 7.98. The number of carbonyl (C=O) groups is 3. The van der Waals surface area contributed by atoms with E-state index in [4.69, 9.17) is 4.74 Å². The Balaban J connectivity index is 1.72. The Morgan fingerprint density at radius 1 is 1.18 bits per heavy atom. The van der Waals surface area contributed by atoms with Crippen LogP contribution in [-0.4, -0.2) is 29.0 Å². The Bertz CT molecular complexity index is 743. The van der Waals surface area contributed by atoms with Gasteiger partial charge in [-0.15, -0.1) is 0 Å². The molecule has 28 heavy (non-hydrogen) atoms. The zero-order valence-electron chi connectivity index (χ0n) is 17.1. The van der Waals surface area contributed by atoms with E-state index < -0.39 is 0 Å². The molecule has 3 saturated carbocycles. The van der Waals surface area contributed by atoms with Crippen LogP contribution in [0.4, 0.5) is 0 Å². The average molecular weight is 451 g/mol. The Labute approximate surface area is 176 Å². The van der Waals surface area contributed by atoms with Crippen molar-refractivity contribution in [3.8, 4) is 0 Å². The van der Waals surface area contributed by atoms with Gasteiger partial charge in [-0.05, 0) is 85.7 Å². The average Bonchev–Trinajstić information content (AvgIpc) is 3.00. The van der Waals surface area contributed by atoms with Crippen LogP contribution >= 0.6 is 15.9 Å². The number of halogens is 1. The quantitative estimate of drug-likeness (QED) is 0.463. The summed E-state index contributed by atoms with van der Waals surface area (Å²) in [6, 6.07) is 0. The normalized spacial score (nSPS) is 44.8. The molecule has 4 rings (SSSR count). The first-order valence-electron chi connectivity index (χ1n) is 10.7. The maximum Gasteiger partial charge on any atom is 0.317 e. The lowest BCUT2D eigenvalue weighted by Crippen LogP contribution is -2.55.